The van der Waals surface area contributed by atoms with E-state index in [4.69, 9.17) is 0 Å². The number of aromatic nitrogens is 2. The molecule has 1 aromatic rings. The van der Waals surface area contributed by atoms with E-state index in [9.17, 15) is 15.0 Å². The molecule has 2 N–H and O–H groups in total. The lowest BCUT2D eigenvalue weighted by Crippen LogP contribution is -2.59. The van der Waals surface area contributed by atoms with Crippen LogP contribution in [0.25, 0.3) is 0 Å². The molecule has 4 fully saturated rings. The Balaban J connectivity index is 1.40. The number of aliphatic hydroxyl groups excluding tert-OH is 2. The van der Waals surface area contributed by atoms with Crippen molar-refractivity contribution in [1.29, 1.82) is 0 Å². The van der Waals surface area contributed by atoms with Crippen molar-refractivity contribution in [2.45, 2.75) is 84.0 Å². The van der Waals surface area contributed by atoms with E-state index in [1.807, 2.05) is 12.3 Å². The van der Waals surface area contributed by atoms with Crippen molar-refractivity contribution in [3.8, 4) is 0 Å². The fraction of sp³-hybridized carbons (Fsp3) is 0.833. The van der Waals surface area contributed by atoms with E-state index in [2.05, 4.69) is 18.9 Å². The van der Waals surface area contributed by atoms with Crippen LogP contribution in [0.15, 0.2) is 18.5 Å². The number of Topliss-reactive ketones (excluding diaryl/α,β-unsaturated/α-hetero) is 1. The molecule has 9 atom stereocenters. The number of nitrogens with zero attached hydrogens (tertiary/aromatic N) is 2. The maximum atomic E-state index is 13.2. The number of rotatable bonds is 3. The summed E-state index contributed by atoms with van der Waals surface area (Å²) in [6, 6.07) is 1.86. The molecule has 0 saturated heterocycles. The Labute approximate surface area is 173 Å². The van der Waals surface area contributed by atoms with Gasteiger partial charge in [-0.25, -0.2) is 0 Å². The molecular formula is C24H36N2O3. The van der Waals surface area contributed by atoms with Gasteiger partial charge in [-0.2, -0.15) is 5.10 Å². The normalized spacial score (nSPS) is 49.2. The summed E-state index contributed by atoms with van der Waals surface area (Å²) in [7, 11) is 0. The average molecular weight is 401 g/mol. The molecule has 1 heterocycles. The molecule has 4 aliphatic carbocycles. The molecule has 0 bridgehead atoms. The maximum Gasteiger partial charge on any atom is 0.157 e. The zero-order valence-corrected chi connectivity index (χ0v) is 17.8. The van der Waals surface area contributed by atoms with Crippen molar-refractivity contribution in [2.24, 2.45) is 40.4 Å². The lowest BCUT2D eigenvalue weighted by atomic mass is 9.44. The third kappa shape index (κ3) is 2.95. The molecule has 1 aromatic heterocycles. The number of hydrogen-bond acceptors (Lipinski definition) is 4. The Bertz CT molecular complexity index is 764. The quantitative estimate of drug-likeness (QED) is 0.815. The standard InChI is InChI=1S/C24H36N2O3/c1-23-9-8-16(27)12-15(23)4-5-17-18-6-7-19(21(29)14-26-11-3-10-25-26)24(18,2)13-20(28)22(17)23/h3,10-11,15-20,22,27-28H,4-9,12-14H2,1-2H3/t15-,16+,17-,18-,19+,20-,22+,23-,24-/m0/s1. The Hall–Kier alpha value is -1.20. The Morgan fingerprint density at radius 3 is 2.72 bits per heavy atom. The molecule has 5 heteroatoms. The number of hydrogen-bond donors (Lipinski definition) is 2. The molecule has 0 aliphatic heterocycles. The van der Waals surface area contributed by atoms with E-state index in [0.29, 0.717) is 30.2 Å². The first-order chi connectivity index (χ1) is 13.8. The van der Waals surface area contributed by atoms with Crippen molar-refractivity contribution in [3.63, 3.8) is 0 Å². The van der Waals surface area contributed by atoms with Crippen molar-refractivity contribution in [1.82, 2.24) is 9.78 Å². The van der Waals surface area contributed by atoms with Crippen LogP contribution in [0, 0.1) is 40.4 Å². The maximum absolute atomic E-state index is 13.2. The first-order valence-electron chi connectivity index (χ1n) is 11.7. The van der Waals surface area contributed by atoms with E-state index in [0.717, 1.165) is 44.9 Å². The number of carbonyl (C=O) groups is 1. The van der Waals surface area contributed by atoms with E-state index in [-0.39, 0.29) is 34.7 Å². The largest absolute Gasteiger partial charge is 0.393 e. The van der Waals surface area contributed by atoms with Crippen LogP contribution in [0.1, 0.15) is 65.2 Å². The lowest BCUT2D eigenvalue weighted by molar-refractivity contribution is -0.178. The third-order valence-corrected chi connectivity index (χ3v) is 9.83. The summed E-state index contributed by atoms with van der Waals surface area (Å²) in [6.07, 6.45) is 11.0. The van der Waals surface area contributed by atoms with Crippen molar-refractivity contribution in [2.75, 3.05) is 0 Å². The van der Waals surface area contributed by atoms with E-state index in [1.165, 1.54) is 6.42 Å². The summed E-state index contributed by atoms with van der Waals surface area (Å²) in [4.78, 5) is 13.2. The Kier molecular flexibility index (Phi) is 4.71. The van der Waals surface area contributed by atoms with Gasteiger partial charge < -0.3 is 10.2 Å². The van der Waals surface area contributed by atoms with Crippen LogP contribution in [0.4, 0.5) is 0 Å². The zero-order valence-electron chi connectivity index (χ0n) is 17.8. The van der Waals surface area contributed by atoms with Gasteiger partial charge in [0.25, 0.3) is 0 Å². The minimum Gasteiger partial charge on any atom is -0.393 e. The molecular weight excluding hydrogens is 364 g/mol. The first kappa shape index (κ1) is 19.7. The summed E-state index contributed by atoms with van der Waals surface area (Å²) in [6.45, 7) is 5.03. The highest BCUT2D eigenvalue weighted by Gasteiger charge is 2.63. The highest BCUT2D eigenvalue weighted by Crippen LogP contribution is 2.67. The smallest absolute Gasteiger partial charge is 0.157 e. The summed E-state index contributed by atoms with van der Waals surface area (Å²) in [5.74, 6) is 2.22. The fourth-order valence-electron chi connectivity index (χ4n) is 8.55. The molecule has 29 heavy (non-hydrogen) atoms. The molecule has 0 unspecified atom stereocenters. The predicted octanol–water partition coefficient (Wildman–Crippen LogP) is 3.44. The molecule has 4 aliphatic rings. The summed E-state index contributed by atoms with van der Waals surface area (Å²) >= 11 is 0. The predicted molar refractivity (Wildman–Crippen MR) is 110 cm³/mol. The van der Waals surface area contributed by atoms with Crippen LogP contribution < -0.4 is 0 Å². The molecule has 5 rings (SSSR count). The van der Waals surface area contributed by atoms with Crippen molar-refractivity contribution in [3.05, 3.63) is 18.5 Å². The monoisotopic (exact) mass is 400 g/mol. The van der Waals surface area contributed by atoms with Crippen LogP contribution in [-0.2, 0) is 11.3 Å². The molecule has 160 valence electrons. The topological polar surface area (TPSA) is 75.3 Å². The van der Waals surface area contributed by atoms with Gasteiger partial charge in [-0.05, 0) is 91.9 Å². The van der Waals surface area contributed by atoms with Crippen molar-refractivity contribution >= 4 is 5.78 Å². The van der Waals surface area contributed by atoms with Gasteiger partial charge in [-0.1, -0.05) is 13.8 Å². The van der Waals surface area contributed by atoms with Gasteiger partial charge in [-0.3, -0.25) is 9.48 Å². The highest BCUT2D eigenvalue weighted by molar-refractivity contribution is 5.82. The molecule has 5 nitrogen and oxygen atoms in total. The van der Waals surface area contributed by atoms with Gasteiger partial charge in [0.15, 0.2) is 5.78 Å². The number of fused-ring (bicyclic) bond motifs is 5. The summed E-state index contributed by atoms with van der Waals surface area (Å²) in [5.41, 5.74) is 0.0439. The Morgan fingerprint density at radius 1 is 1.14 bits per heavy atom. The Morgan fingerprint density at radius 2 is 1.97 bits per heavy atom. The molecule has 0 aromatic carbocycles. The SMILES string of the molecule is C[C@]12CC[C@@H](O)C[C@@H]1CC[C@@H]1[C@@H]2[C@@H](O)C[C@]2(C)[C@@H](C(=O)Cn3cccn3)CC[C@@H]12. The van der Waals surface area contributed by atoms with Crippen molar-refractivity contribution < 1.29 is 15.0 Å². The van der Waals surface area contributed by atoms with E-state index < -0.39 is 0 Å². The van der Waals surface area contributed by atoms with Gasteiger partial charge >= 0.3 is 0 Å². The van der Waals surface area contributed by atoms with Crippen LogP contribution in [-0.4, -0.2) is 38.0 Å². The molecule has 4 saturated carbocycles. The zero-order chi connectivity index (χ0) is 20.4. The molecule has 0 radical (unpaired) electrons. The first-order valence-corrected chi connectivity index (χ1v) is 11.7. The van der Waals surface area contributed by atoms with E-state index >= 15 is 0 Å². The van der Waals surface area contributed by atoms with Crippen LogP contribution in [0.3, 0.4) is 0 Å². The average Bonchev–Trinajstić information content (AvgIpc) is 3.28. The number of ketones is 1. The van der Waals surface area contributed by atoms with Gasteiger partial charge in [0.2, 0.25) is 0 Å². The second-order valence-electron chi connectivity index (χ2n) is 11.1. The van der Waals surface area contributed by atoms with Crippen LogP contribution in [0.2, 0.25) is 0 Å². The number of carbonyl (C=O) groups excluding carboxylic acids is 1. The minimum atomic E-state index is -0.331. The minimum absolute atomic E-state index is 0.0333. The van der Waals surface area contributed by atoms with E-state index in [1.54, 1.807) is 10.9 Å². The van der Waals surface area contributed by atoms with Gasteiger partial charge in [0.05, 0.1) is 18.8 Å². The van der Waals surface area contributed by atoms with Crippen LogP contribution in [0.5, 0.6) is 0 Å². The number of aliphatic hydroxyl groups is 2. The van der Waals surface area contributed by atoms with Gasteiger partial charge in [-0.15, -0.1) is 0 Å². The highest BCUT2D eigenvalue weighted by atomic mass is 16.3. The van der Waals surface area contributed by atoms with Gasteiger partial charge in [0, 0.05) is 18.3 Å². The second-order valence-corrected chi connectivity index (χ2v) is 11.1. The molecule has 0 amide bonds. The molecule has 0 spiro atoms. The summed E-state index contributed by atoms with van der Waals surface area (Å²) in [5, 5.41) is 25.9. The fourth-order valence-corrected chi connectivity index (χ4v) is 8.55. The van der Waals surface area contributed by atoms with Gasteiger partial charge in [0.1, 0.15) is 0 Å². The summed E-state index contributed by atoms with van der Waals surface area (Å²) < 4.78 is 1.74. The third-order valence-electron chi connectivity index (χ3n) is 9.83. The lowest BCUT2D eigenvalue weighted by Gasteiger charge is -2.62. The van der Waals surface area contributed by atoms with Crippen LogP contribution >= 0.6 is 0 Å². The second kappa shape index (κ2) is 6.91.